The molecule has 0 fully saturated rings. The summed E-state index contributed by atoms with van der Waals surface area (Å²) in [5, 5.41) is 15.9. The molecule has 0 radical (unpaired) electrons. The van der Waals surface area contributed by atoms with Crippen molar-refractivity contribution in [2.24, 2.45) is 0 Å². The molecule has 3 N–H and O–H groups in total. The lowest BCUT2D eigenvalue weighted by Crippen LogP contribution is -2.40. The van der Waals surface area contributed by atoms with E-state index in [9.17, 15) is 9.90 Å². The maximum absolute atomic E-state index is 12.3. The van der Waals surface area contributed by atoms with Crippen molar-refractivity contribution >= 4 is 6.03 Å². The number of hydrogen-bond acceptors (Lipinski definition) is 4. The highest BCUT2D eigenvalue weighted by molar-refractivity contribution is 5.75. The minimum Gasteiger partial charge on any atom is -0.475 e. The van der Waals surface area contributed by atoms with E-state index in [4.69, 9.17) is 4.74 Å². The summed E-state index contributed by atoms with van der Waals surface area (Å²) in [7, 11) is 0. The van der Waals surface area contributed by atoms with Crippen LogP contribution in [0.1, 0.15) is 36.6 Å². The Hall–Kier alpha value is -2.60. The van der Waals surface area contributed by atoms with Crippen LogP contribution in [0.5, 0.6) is 5.88 Å². The summed E-state index contributed by atoms with van der Waals surface area (Å²) in [6, 6.07) is 10.7. The van der Waals surface area contributed by atoms with Gasteiger partial charge in [0, 0.05) is 24.7 Å². The number of aliphatic hydroxyl groups excluding tert-OH is 1. The third-order valence-electron chi connectivity index (χ3n) is 4.13. The highest BCUT2D eigenvalue weighted by Gasteiger charge is 2.31. The number of carbonyl (C=O) groups excluding carboxylic acids is 1. The number of aromatic nitrogens is 1. The molecule has 0 saturated heterocycles. The molecule has 0 aliphatic heterocycles. The van der Waals surface area contributed by atoms with Crippen molar-refractivity contribution in [3.63, 3.8) is 0 Å². The Morgan fingerprint density at radius 2 is 2.12 bits per heavy atom. The van der Waals surface area contributed by atoms with Gasteiger partial charge in [0.1, 0.15) is 0 Å². The minimum absolute atomic E-state index is 0.00705. The van der Waals surface area contributed by atoms with Crippen LogP contribution in [0.4, 0.5) is 4.79 Å². The van der Waals surface area contributed by atoms with Gasteiger partial charge in [-0.2, -0.15) is 0 Å². The van der Waals surface area contributed by atoms with E-state index in [2.05, 4.69) is 15.6 Å². The van der Waals surface area contributed by atoms with Crippen LogP contribution in [0.2, 0.25) is 0 Å². The molecular weight excluding hydrogens is 318 g/mol. The zero-order valence-corrected chi connectivity index (χ0v) is 14.4. The third-order valence-corrected chi connectivity index (χ3v) is 4.13. The Kier molecular flexibility index (Phi) is 5.19. The second-order valence-corrected chi connectivity index (χ2v) is 6.41. The molecule has 2 aromatic rings. The van der Waals surface area contributed by atoms with E-state index >= 15 is 0 Å². The highest BCUT2D eigenvalue weighted by atomic mass is 16.5. The molecule has 3 rings (SSSR count). The number of hydrogen-bond donors (Lipinski definition) is 3. The highest BCUT2D eigenvalue weighted by Crippen LogP contribution is 2.31. The third kappa shape index (κ3) is 4.09. The molecule has 1 heterocycles. The molecule has 2 amide bonds. The summed E-state index contributed by atoms with van der Waals surface area (Å²) in [5.74, 6) is 0.518. The SMILES string of the molecule is CC(C)Oc1ncccc1CNC(=O)N[C@H]1c2ccccc2C[C@H]1O. The van der Waals surface area contributed by atoms with E-state index in [-0.39, 0.29) is 12.1 Å². The second-order valence-electron chi connectivity index (χ2n) is 6.41. The van der Waals surface area contributed by atoms with E-state index in [0.717, 1.165) is 16.7 Å². The lowest BCUT2D eigenvalue weighted by molar-refractivity contribution is 0.142. The van der Waals surface area contributed by atoms with Gasteiger partial charge in [0.15, 0.2) is 0 Å². The summed E-state index contributed by atoms with van der Waals surface area (Å²) in [6.45, 7) is 4.15. The fourth-order valence-corrected chi connectivity index (χ4v) is 3.00. The molecule has 1 aliphatic carbocycles. The Bertz CT molecular complexity index is 748. The number of fused-ring (bicyclic) bond motifs is 1. The molecule has 2 atom stereocenters. The fraction of sp³-hybridized carbons (Fsp3) is 0.368. The Morgan fingerprint density at radius 3 is 2.92 bits per heavy atom. The van der Waals surface area contributed by atoms with Crippen molar-refractivity contribution in [2.45, 2.75) is 45.1 Å². The van der Waals surface area contributed by atoms with Crippen LogP contribution in [0, 0.1) is 0 Å². The predicted molar refractivity (Wildman–Crippen MR) is 94.3 cm³/mol. The topological polar surface area (TPSA) is 83.5 Å². The van der Waals surface area contributed by atoms with Crippen LogP contribution in [-0.2, 0) is 13.0 Å². The Morgan fingerprint density at radius 1 is 1.32 bits per heavy atom. The first kappa shape index (κ1) is 17.2. The first-order valence-corrected chi connectivity index (χ1v) is 8.45. The van der Waals surface area contributed by atoms with Gasteiger partial charge in [-0.15, -0.1) is 0 Å². The van der Waals surface area contributed by atoms with Crippen molar-refractivity contribution in [3.8, 4) is 5.88 Å². The van der Waals surface area contributed by atoms with Crippen molar-refractivity contribution in [1.82, 2.24) is 15.6 Å². The fourth-order valence-electron chi connectivity index (χ4n) is 3.00. The maximum atomic E-state index is 12.3. The molecule has 0 bridgehead atoms. The van der Waals surface area contributed by atoms with Crippen LogP contribution >= 0.6 is 0 Å². The molecule has 1 aromatic carbocycles. The number of benzene rings is 1. The van der Waals surface area contributed by atoms with Crippen LogP contribution in [0.3, 0.4) is 0 Å². The quantitative estimate of drug-likeness (QED) is 0.779. The lowest BCUT2D eigenvalue weighted by Gasteiger charge is -2.19. The molecule has 6 nitrogen and oxygen atoms in total. The molecule has 1 aliphatic rings. The number of ether oxygens (including phenoxy) is 1. The van der Waals surface area contributed by atoms with Gasteiger partial charge in [-0.3, -0.25) is 0 Å². The zero-order chi connectivity index (χ0) is 17.8. The number of urea groups is 1. The summed E-state index contributed by atoms with van der Waals surface area (Å²) in [6.07, 6.45) is 1.61. The van der Waals surface area contributed by atoms with E-state index in [1.807, 2.05) is 44.2 Å². The molecule has 0 unspecified atom stereocenters. The average molecular weight is 341 g/mol. The van der Waals surface area contributed by atoms with Crippen LogP contribution in [0.25, 0.3) is 0 Å². The lowest BCUT2D eigenvalue weighted by atomic mass is 10.1. The van der Waals surface area contributed by atoms with Crippen molar-refractivity contribution in [1.29, 1.82) is 0 Å². The van der Waals surface area contributed by atoms with Gasteiger partial charge in [0.05, 0.1) is 18.2 Å². The number of nitrogens with zero attached hydrogens (tertiary/aromatic N) is 1. The van der Waals surface area contributed by atoms with E-state index < -0.39 is 12.1 Å². The van der Waals surface area contributed by atoms with Gasteiger partial charge in [-0.05, 0) is 31.0 Å². The van der Waals surface area contributed by atoms with Gasteiger partial charge < -0.3 is 20.5 Å². The molecular formula is C19H23N3O3. The van der Waals surface area contributed by atoms with Crippen molar-refractivity contribution in [2.75, 3.05) is 0 Å². The van der Waals surface area contributed by atoms with Crippen LogP contribution < -0.4 is 15.4 Å². The molecule has 6 heteroatoms. The van der Waals surface area contributed by atoms with Gasteiger partial charge >= 0.3 is 6.03 Å². The Labute approximate surface area is 147 Å². The summed E-state index contributed by atoms with van der Waals surface area (Å²) < 4.78 is 5.65. The molecule has 132 valence electrons. The molecule has 0 spiro atoms. The zero-order valence-electron chi connectivity index (χ0n) is 14.4. The van der Waals surface area contributed by atoms with Gasteiger partial charge in [-0.25, -0.2) is 9.78 Å². The number of amides is 2. The van der Waals surface area contributed by atoms with E-state index in [1.54, 1.807) is 12.3 Å². The molecule has 25 heavy (non-hydrogen) atoms. The Balaban J connectivity index is 1.61. The normalized spacial score (nSPS) is 18.7. The summed E-state index contributed by atoms with van der Waals surface area (Å²) >= 11 is 0. The average Bonchev–Trinajstić information content (AvgIpc) is 2.89. The second kappa shape index (κ2) is 7.53. The number of pyridine rings is 1. The van der Waals surface area contributed by atoms with Crippen LogP contribution in [0.15, 0.2) is 42.6 Å². The number of carbonyl (C=O) groups is 1. The maximum Gasteiger partial charge on any atom is 0.315 e. The standard InChI is InChI=1S/C19H23N3O3/c1-12(2)25-18-14(7-5-9-20-18)11-21-19(24)22-17-15-8-4-3-6-13(15)10-16(17)23/h3-9,12,16-17,23H,10-11H2,1-2H3,(H2,21,22,24)/t16-,17+/m1/s1. The summed E-state index contributed by atoms with van der Waals surface area (Å²) in [5.41, 5.74) is 2.84. The smallest absolute Gasteiger partial charge is 0.315 e. The minimum atomic E-state index is -0.610. The first-order valence-electron chi connectivity index (χ1n) is 8.45. The van der Waals surface area contributed by atoms with E-state index in [1.165, 1.54) is 0 Å². The van der Waals surface area contributed by atoms with Gasteiger partial charge in [0.25, 0.3) is 0 Å². The largest absolute Gasteiger partial charge is 0.475 e. The molecule has 0 saturated carbocycles. The van der Waals surface area contributed by atoms with Crippen LogP contribution in [-0.4, -0.2) is 28.3 Å². The van der Waals surface area contributed by atoms with Gasteiger partial charge in [0.2, 0.25) is 5.88 Å². The predicted octanol–water partition coefficient (Wildman–Crippen LogP) is 2.33. The number of nitrogens with one attached hydrogen (secondary N) is 2. The summed E-state index contributed by atoms with van der Waals surface area (Å²) in [4.78, 5) is 16.5. The number of rotatable bonds is 5. The first-order chi connectivity index (χ1) is 12.0. The van der Waals surface area contributed by atoms with Crippen molar-refractivity contribution < 1.29 is 14.6 Å². The molecule has 1 aromatic heterocycles. The number of aliphatic hydroxyl groups is 1. The van der Waals surface area contributed by atoms with Crippen molar-refractivity contribution in [3.05, 3.63) is 59.3 Å². The van der Waals surface area contributed by atoms with E-state index in [0.29, 0.717) is 18.8 Å². The van der Waals surface area contributed by atoms with Gasteiger partial charge in [-0.1, -0.05) is 30.3 Å². The monoisotopic (exact) mass is 341 g/mol.